The Morgan fingerprint density at radius 3 is 2.56 bits per heavy atom. The second-order valence-electron chi connectivity index (χ2n) is 4.46. The minimum atomic E-state index is 0.641. The van der Waals surface area contributed by atoms with Gasteiger partial charge in [-0.25, -0.2) is 9.97 Å². The topological polar surface area (TPSA) is 29.0 Å². The van der Waals surface area contributed by atoms with Crippen LogP contribution in [0.1, 0.15) is 25.6 Å². The first kappa shape index (κ1) is 12.0. The van der Waals surface area contributed by atoms with E-state index < -0.39 is 0 Å². The van der Waals surface area contributed by atoms with Crippen LogP contribution in [0, 0.1) is 5.92 Å². The Morgan fingerprint density at radius 1 is 1.38 bits per heavy atom. The summed E-state index contributed by atoms with van der Waals surface area (Å²) in [4.78, 5) is 11.6. The number of nitrogens with zero attached hydrogens (tertiary/aromatic N) is 3. The third-order valence-corrected chi connectivity index (χ3v) is 4.01. The van der Waals surface area contributed by atoms with Crippen LogP contribution in [-0.2, 0) is 6.54 Å². The predicted octanol–water partition coefficient (Wildman–Crippen LogP) is 2.47. The van der Waals surface area contributed by atoms with Crippen LogP contribution in [0.15, 0.2) is 18.5 Å². The molecule has 4 heteroatoms. The molecular formula is C12H18BrN3. The van der Waals surface area contributed by atoms with Crippen LogP contribution in [0.4, 0.5) is 0 Å². The summed E-state index contributed by atoms with van der Waals surface area (Å²) in [5, 5.41) is 0. The van der Waals surface area contributed by atoms with E-state index >= 15 is 0 Å². The van der Waals surface area contributed by atoms with Crippen molar-refractivity contribution in [2.24, 2.45) is 5.92 Å². The first-order valence-corrected chi connectivity index (χ1v) is 6.79. The molecule has 3 nitrogen and oxygen atoms in total. The Balaban J connectivity index is 1.82. The number of hydrogen-bond acceptors (Lipinski definition) is 3. The van der Waals surface area contributed by atoms with E-state index in [2.05, 4.69) is 37.7 Å². The monoisotopic (exact) mass is 283 g/mol. The second-order valence-corrected chi connectivity index (χ2v) is 5.90. The first-order valence-electron chi connectivity index (χ1n) is 5.88. The minimum Gasteiger partial charge on any atom is -0.296 e. The number of hydrogen-bond donors (Lipinski definition) is 0. The number of likely N-dealkylation sites (tertiary alicyclic amines) is 1. The van der Waals surface area contributed by atoms with Gasteiger partial charge in [-0.15, -0.1) is 0 Å². The summed E-state index contributed by atoms with van der Waals surface area (Å²) in [6.07, 6.45) is 6.18. The average Bonchev–Trinajstić information content (AvgIpc) is 2.31. The standard InChI is InChI=1S/C12H18BrN3/c1-10(13)11-3-7-16(8-4-11)9-12-14-5-2-6-15-12/h2,5-6,10-11H,3-4,7-9H2,1H3. The van der Waals surface area contributed by atoms with Crippen molar-refractivity contribution < 1.29 is 0 Å². The molecule has 0 bridgehead atoms. The second kappa shape index (κ2) is 5.73. The van der Waals surface area contributed by atoms with Crippen LogP contribution in [0.5, 0.6) is 0 Å². The zero-order valence-corrected chi connectivity index (χ0v) is 11.2. The summed E-state index contributed by atoms with van der Waals surface area (Å²) in [6, 6.07) is 1.86. The maximum Gasteiger partial charge on any atom is 0.142 e. The molecule has 16 heavy (non-hydrogen) atoms. The van der Waals surface area contributed by atoms with Crippen molar-refractivity contribution in [3.8, 4) is 0 Å². The molecule has 2 heterocycles. The smallest absolute Gasteiger partial charge is 0.142 e. The molecule has 0 N–H and O–H groups in total. The fourth-order valence-electron chi connectivity index (χ4n) is 2.18. The molecule has 0 amide bonds. The van der Waals surface area contributed by atoms with Crippen molar-refractivity contribution >= 4 is 15.9 Å². The Labute approximate surface area is 105 Å². The van der Waals surface area contributed by atoms with Crippen molar-refractivity contribution in [1.29, 1.82) is 0 Å². The molecule has 0 radical (unpaired) electrons. The molecule has 0 spiro atoms. The molecule has 1 aliphatic rings. The van der Waals surface area contributed by atoms with Gasteiger partial charge < -0.3 is 0 Å². The highest BCUT2D eigenvalue weighted by atomic mass is 79.9. The summed E-state index contributed by atoms with van der Waals surface area (Å²) >= 11 is 3.68. The van der Waals surface area contributed by atoms with Crippen molar-refractivity contribution in [2.45, 2.75) is 31.1 Å². The van der Waals surface area contributed by atoms with Crippen molar-refractivity contribution in [3.05, 3.63) is 24.3 Å². The molecule has 1 unspecified atom stereocenters. The van der Waals surface area contributed by atoms with E-state index in [0.29, 0.717) is 4.83 Å². The SMILES string of the molecule is CC(Br)C1CCN(Cc2ncccn2)CC1. The van der Waals surface area contributed by atoms with Gasteiger partial charge in [0.2, 0.25) is 0 Å². The van der Waals surface area contributed by atoms with E-state index in [1.54, 1.807) is 0 Å². The zero-order valence-electron chi connectivity index (χ0n) is 9.64. The Hall–Kier alpha value is -0.480. The Morgan fingerprint density at radius 2 is 2.00 bits per heavy atom. The lowest BCUT2D eigenvalue weighted by Crippen LogP contribution is -2.35. The van der Waals surface area contributed by atoms with Gasteiger partial charge in [0.15, 0.2) is 0 Å². The molecule has 1 aliphatic heterocycles. The first-order chi connectivity index (χ1) is 7.75. The van der Waals surface area contributed by atoms with Crippen LogP contribution < -0.4 is 0 Å². The number of halogens is 1. The van der Waals surface area contributed by atoms with Crippen LogP contribution in [0.25, 0.3) is 0 Å². The van der Waals surface area contributed by atoms with Crippen molar-refractivity contribution in [3.63, 3.8) is 0 Å². The lowest BCUT2D eigenvalue weighted by atomic mass is 9.94. The third-order valence-electron chi connectivity index (χ3n) is 3.27. The normalized spacial score (nSPS) is 20.9. The minimum absolute atomic E-state index is 0.641. The Kier molecular flexibility index (Phi) is 4.29. The summed E-state index contributed by atoms with van der Waals surface area (Å²) in [6.45, 7) is 5.47. The number of aromatic nitrogens is 2. The van der Waals surface area contributed by atoms with Crippen molar-refractivity contribution in [2.75, 3.05) is 13.1 Å². The van der Waals surface area contributed by atoms with Gasteiger partial charge in [-0.1, -0.05) is 22.9 Å². The van der Waals surface area contributed by atoms with Crippen LogP contribution >= 0.6 is 15.9 Å². The van der Waals surface area contributed by atoms with Gasteiger partial charge in [-0.05, 0) is 37.9 Å². The van der Waals surface area contributed by atoms with E-state index in [4.69, 9.17) is 0 Å². The lowest BCUT2D eigenvalue weighted by Gasteiger charge is -2.32. The molecule has 88 valence electrons. The van der Waals surface area contributed by atoms with E-state index in [1.807, 2.05) is 18.5 Å². The van der Waals surface area contributed by atoms with Crippen LogP contribution in [0.3, 0.4) is 0 Å². The molecule has 1 aromatic heterocycles. The molecule has 0 aliphatic carbocycles. The molecule has 0 aromatic carbocycles. The summed E-state index contributed by atoms with van der Waals surface area (Å²) in [7, 11) is 0. The highest BCUT2D eigenvalue weighted by Crippen LogP contribution is 2.25. The highest BCUT2D eigenvalue weighted by molar-refractivity contribution is 9.09. The van der Waals surface area contributed by atoms with Crippen molar-refractivity contribution in [1.82, 2.24) is 14.9 Å². The van der Waals surface area contributed by atoms with Gasteiger partial charge in [0.05, 0.1) is 6.54 Å². The fraction of sp³-hybridized carbons (Fsp3) is 0.667. The summed E-state index contributed by atoms with van der Waals surface area (Å²) in [5.41, 5.74) is 0. The molecule has 1 saturated heterocycles. The zero-order chi connectivity index (χ0) is 11.4. The van der Waals surface area contributed by atoms with E-state index in [-0.39, 0.29) is 0 Å². The van der Waals surface area contributed by atoms with E-state index in [1.165, 1.54) is 25.9 Å². The molecule has 0 saturated carbocycles. The summed E-state index contributed by atoms with van der Waals surface area (Å²) in [5.74, 6) is 1.76. The van der Waals surface area contributed by atoms with E-state index in [9.17, 15) is 0 Å². The number of piperidine rings is 1. The largest absolute Gasteiger partial charge is 0.296 e. The average molecular weight is 284 g/mol. The quantitative estimate of drug-likeness (QED) is 0.798. The van der Waals surface area contributed by atoms with Gasteiger partial charge in [-0.3, -0.25) is 4.90 Å². The predicted molar refractivity (Wildman–Crippen MR) is 68.4 cm³/mol. The maximum atomic E-state index is 4.26. The number of rotatable bonds is 3. The van der Waals surface area contributed by atoms with Gasteiger partial charge in [0.1, 0.15) is 5.82 Å². The number of alkyl halides is 1. The third kappa shape index (κ3) is 3.25. The van der Waals surface area contributed by atoms with E-state index in [0.717, 1.165) is 18.3 Å². The lowest BCUT2D eigenvalue weighted by molar-refractivity contribution is 0.174. The molecule has 1 atom stereocenters. The van der Waals surface area contributed by atoms with Gasteiger partial charge in [-0.2, -0.15) is 0 Å². The van der Waals surface area contributed by atoms with Gasteiger partial charge in [0, 0.05) is 17.2 Å². The van der Waals surface area contributed by atoms with Gasteiger partial charge >= 0.3 is 0 Å². The summed E-state index contributed by atoms with van der Waals surface area (Å²) < 4.78 is 0. The fourth-order valence-corrected chi connectivity index (χ4v) is 2.71. The molecule has 1 fully saturated rings. The highest BCUT2D eigenvalue weighted by Gasteiger charge is 2.22. The molecule has 2 rings (SSSR count). The van der Waals surface area contributed by atoms with Crippen LogP contribution in [-0.4, -0.2) is 32.8 Å². The Bertz CT molecular complexity index is 307. The maximum absolute atomic E-state index is 4.26. The van der Waals surface area contributed by atoms with Gasteiger partial charge in [0.25, 0.3) is 0 Å². The molecular weight excluding hydrogens is 266 g/mol. The van der Waals surface area contributed by atoms with Crippen LogP contribution in [0.2, 0.25) is 0 Å². The molecule has 1 aromatic rings.